The average Bonchev–Trinajstić information content (AvgIpc) is 3.14. The van der Waals surface area contributed by atoms with E-state index in [4.69, 9.17) is 5.10 Å². The molecule has 0 bridgehead atoms. The summed E-state index contributed by atoms with van der Waals surface area (Å²) in [5.41, 5.74) is 8.24. The standard InChI is InChI=1S/C19H22N4S/c1-11(2)13-8-7-12(3)15(9-13)22-23-18-17-14-5-4-6-16(14)24-19(17)21-10-20-18/h7,10,13H,1,4-6,8-9H2,2-3H3,(H,20,21,23)/b22-15-/t13-/m1/s1. The number of rotatable bonds is 3. The molecule has 2 aliphatic rings. The van der Waals surface area contributed by atoms with Crippen molar-refractivity contribution in [3.63, 3.8) is 0 Å². The van der Waals surface area contributed by atoms with Gasteiger partial charge in [-0.1, -0.05) is 18.2 Å². The van der Waals surface area contributed by atoms with Crippen molar-refractivity contribution in [2.45, 2.75) is 46.0 Å². The number of hydrazone groups is 1. The van der Waals surface area contributed by atoms with Gasteiger partial charge in [0.1, 0.15) is 11.2 Å². The highest BCUT2D eigenvalue weighted by atomic mass is 32.1. The van der Waals surface area contributed by atoms with Crippen molar-refractivity contribution in [3.05, 3.63) is 40.6 Å². The maximum atomic E-state index is 4.69. The molecule has 4 rings (SSSR count). The zero-order valence-corrected chi connectivity index (χ0v) is 15.0. The molecular formula is C19H22N4S. The van der Waals surface area contributed by atoms with Gasteiger partial charge in [-0.05, 0) is 63.0 Å². The Morgan fingerprint density at radius 1 is 1.38 bits per heavy atom. The van der Waals surface area contributed by atoms with E-state index in [0.29, 0.717) is 5.92 Å². The summed E-state index contributed by atoms with van der Waals surface area (Å²) in [6.45, 7) is 8.34. The predicted octanol–water partition coefficient (Wildman–Crippen LogP) is 4.88. The van der Waals surface area contributed by atoms with Crippen molar-refractivity contribution in [1.29, 1.82) is 0 Å². The first-order chi connectivity index (χ1) is 11.6. The lowest BCUT2D eigenvalue weighted by Crippen LogP contribution is -2.16. The van der Waals surface area contributed by atoms with Gasteiger partial charge in [0.2, 0.25) is 0 Å². The van der Waals surface area contributed by atoms with Crippen LogP contribution in [-0.4, -0.2) is 15.7 Å². The Morgan fingerprint density at radius 2 is 2.25 bits per heavy atom. The lowest BCUT2D eigenvalue weighted by atomic mass is 9.85. The van der Waals surface area contributed by atoms with Gasteiger partial charge >= 0.3 is 0 Å². The maximum Gasteiger partial charge on any atom is 0.158 e. The minimum atomic E-state index is 0.491. The number of hydrogen-bond donors (Lipinski definition) is 1. The number of nitrogens with zero attached hydrogens (tertiary/aromatic N) is 3. The second kappa shape index (κ2) is 6.13. The molecule has 1 N–H and O–H groups in total. The zero-order chi connectivity index (χ0) is 16.7. The zero-order valence-electron chi connectivity index (χ0n) is 14.2. The van der Waals surface area contributed by atoms with Crippen LogP contribution in [0.3, 0.4) is 0 Å². The summed E-state index contributed by atoms with van der Waals surface area (Å²) in [5.74, 6) is 1.34. The van der Waals surface area contributed by atoms with Gasteiger partial charge < -0.3 is 0 Å². The summed E-state index contributed by atoms with van der Waals surface area (Å²) in [5, 5.41) is 5.87. The van der Waals surface area contributed by atoms with Gasteiger partial charge in [0, 0.05) is 4.88 Å². The fraction of sp³-hybridized carbons (Fsp3) is 0.421. The second-order valence-electron chi connectivity index (χ2n) is 6.80. The summed E-state index contributed by atoms with van der Waals surface area (Å²) in [7, 11) is 0. The molecule has 0 radical (unpaired) electrons. The van der Waals surface area contributed by atoms with E-state index in [9.17, 15) is 0 Å². The van der Waals surface area contributed by atoms with Crippen LogP contribution in [-0.2, 0) is 12.8 Å². The molecule has 0 fully saturated rings. The van der Waals surface area contributed by atoms with Crippen LogP contribution in [0.15, 0.2) is 35.2 Å². The van der Waals surface area contributed by atoms with Crippen molar-refractivity contribution in [3.8, 4) is 0 Å². The van der Waals surface area contributed by atoms with Crippen LogP contribution in [0.5, 0.6) is 0 Å². The van der Waals surface area contributed by atoms with Gasteiger partial charge in [0.25, 0.3) is 0 Å². The van der Waals surface area contributed by atoms with Crippen LogP contribution < -0.4 is 5.43 Å². The molecule has 2 aromatic heterocycles. The largest absolute Gasteiger partial charge is 0.260 e. The summed E-state index contributed by atoms with van der Waals surface area (Å²) < 4.78 is 0. The monoisotopic (exact) mass is 338 g/mol. The van der Waals surface area contributed by atoms with Crippen molar-refractivity contribution in [1.82, 2.24) is 9.97 Å². The van der Waals surface area contributed by atoms with Crippen LogP contribution >= 0.6 is 11.3 Å². The first kappa shape index (κ1) is 15.5. The number of fused-ring (bicyclic) bond motifs is 3. The van der Waals surface area contributed by atoms with Crippen molar-refractivity contribution < 1.29 is 0 Å². The summed E-state index contributed by atoms with van der Waals surface area (Å²) in [4.78, 5) is 11.5. The number of hydrogen-bond acceptors (Lipinski definition) is 5. The molecule has 0 unspecified atom stereocenters. The number of nitrogens with one attached hydrogen (secondary N) is 1. The first-order valence-electron chi connectivity index (χ1n) is 8.54. The fourth-order valence-corrected chi connectivity index (χ4v) is 4.79. The fourth-order valence-electron chi connectivity index (χ4n) is 3.56. The SMILES string of the molecule is C=C(C)[C@@H]1CC=C(C)/C(=N\Nc2ncnc3sc4c(c23)CCC4)C1. The van der Waals surface area contributed by atoms with Crippen molar-refractivity contribution >= 4 is 33.1 Å². The third-order valence-electron chi connectivity index (χ3n) is 5.10. The van der Waals surface area contributed by atoms with E-state index in [1.807, 2.05) is 0 Å². The third kappa shape index (κ3) is 2.67. The molecule has 24 heavy (non-hydrogen) atoms. The van der Waals surface area contributed by atoms with E-state index in [2.05, 4.69) is 41.9 Å². The molecule has 0 aromatic carbocycles. The highest BCUT2D eigenvalue weighted by molar-refractivity contribution is 7.19. The third-order valence-corrected chi connectivity index (χ3v) is 6.30. The molecule has 0 saturated carbocycles. The van der Waals surface area contributed by atoms with Gasteiger partial charge in [-0.25, -0.2) is 9.97 Å². The lowest BCUT2D eigenvalue weighted by molar-refractivity contribution is 0.639. The van der Waals surface area contributed by atoms with Gasteiger partial charge in [-0.3, -0.25) is 5.43 Å². The van der Waals surface area contributed by atoms with Crippen LogP contribution in [0, 0.1) is 5.92 Å². The van der Waals surface area contributed by atoms with Crippen LogP contribution in [0.4, 0.5) is 5.82 Å². The van der Waals surface area contributed by atoms with E-state index in [0.717, 1.165) is 35.6 Å². The van der Waals surface area contributed by atoms with Gasteiger partial charge in [0.15, 0.2) is 5.82 Å². The number of allylic oxidation sites excluding steroid dienone is 3. The Morgan fingerprint density at radius 3 is 3.08 bits per heavy atom. The van der Waals surface area contributed by atoms with Gasteiger partial charge in [-0.15, -0.1) is 11.3 Å². The van der Waals surface area contributed by atoms with Gasteiger partial charge in [-0.2, -0.15) is 5.10 Å². The van der Waals surface area contributed by atoms with Crippen LogP contribution in [0.25, 0.3) is 10.2 Å². The minimum Gasteiger partial charge on any atom is -0.260 e. The first-order valence-corrected chi connectivity index (χ1v) is 9.35. The predicted molar refractivity (Wildman–Crippen MR) is 102 cm³/mol. The summed E-state index contributed by atoms with van der Waals surface area (Å²) in [6.07, 6.45) is 9.45. The van der Waals surface area contributed by atoms with Crippen LogP contribution in [0.1, 0.15) is 43.6 Å². The molecule has 2 heterocycles. The molecule has 0 spiro atoms. The summed E-state index contributed by atoms with van der Waals surface area (Å²) >= 11 is 1.80. The molecule has 0 aliphatic heterocycles. The minimum absolute atomic E-state index is 0.491. The molecule has 2 aromatic rings. The number of thiophene rings is 1. The molecular weight excluding hydrogens is 316 g/mol. The summed E-state index contributed by atoms with van der Waals surface area (Å²) in [6, 6.07) is 0. The van der Waals surface area contributed by atoms with Crippen LogP contribution in [0.2, 0.25) is 0 Å². The Bertz CT molecular complexity index is 875. The molecule has 4 nitrogen and oxygen atoms in total. The maximum absolute atomic E-state index is 4.69. The van der Waals surface area contributed by atoms with E-state index in [1.54, 1.807) is 17.7 Å². The van der Waals surface area contributed by atoms with Crippen molar-refractivity contribution in [2.24, 2.45) is 11.0 Å². The topological polar surface area (TPSA) is 50.2 Å². The van der Waals surface area contributed by atoms with E-state index < -0.39 is 0 Å². The van der Waals surface area contributed by atoms with E-state index in [-0.39, 0.29) is 0 Å². The smallest absolute Gasteiger partial charge is 0.158 e. The second-order valence-corrected chi connectivity index (χ2v) is 7.88. The average molecular weight is 338 g/mol. The highest BCUT2D eigenvalue weighted by Gasteiger charge is 2.22. The Balaban J connectivity index is 1.66. The molecule has 0 amide bonds. The molecule has 2 aliphatic carbocycles. The van der Waals surface area contributed by atoms with E-state index in [1.165, 1.54) is 39.8 Å². The lowest BCUT2D eigenvalue weighted by Gasteiger charge is -2.22. The Labute approximate surface area is 146 Å². The van der Waals surface area contributed by atoms with Crippen molar-refractivity contribution in [2.75, 3.05) is 5.43 Å². The van der Waals surface area contributed by atoms with E-state index >= 15 is 0 Å². The Hall–Kier alpha value is -2.01. The molecule has 0 saturated heterocycles. The number of anilines is 1. The van der Waals surface area contributed by atoms with Gasteiger partial charge in [0.05, 0.1) is 11.1 Å². The molecule has 1 atom stereocenters. The molecule has 124 valence electrons. The highest BCUT2D eigenvalue weighted by Crippen LogP contribution is 2.39. The molecule has 5 heteroatoms. The Kier molecular flexibility index (Phi) is 3.96. The normalized spacial score (nSPS) is 21.8. The number of aromatic nitrogens is 2. The quantitative estimate of drug-likeness (QED) is 0.641. The number of aryl methyl sites for hydroxylation is 2.